The Bertz CT molecular complexity index is 1310. The van der Waals surface area contributed by atoms with Crippen molar-refractivity contribution >= 4 is 38.1 Å². The van der Waals surface area contributed by atoms with Crippen LogP contribution in [0.2, 0.25) is 0 Å². The highest BCUT2D eigenvalue weighted by molar-refractivity contribution is 7.17. The van der Waals surface area contributed by atoms with E-state index in [1.807, 2.05) is 47.8 Å². The predicted molar refractivity (Wildman–Crippen MR) is 113 cm³/mol. The molecular formula is C22H15FN4S. The number of thiophene rings is 1. The molecule has 4 nitrogen and oxygen atoms in total. The van der Waals surface area contributed by atoms with Crippen LogP contribution >= 0.6 is 11.3 Å². The van der Waals surface area contributed by atoms with Crippen molar-refractivity contribution in [3.63, 3.8) is 0 Å². The van der Waals surface area contributed by atoms with Gasteiger partial charge in [-0.25, -0.2) is 14.4 Å². The molecule has 6 heteroatoms. The Labute approximate surface area is 164 Å². The Morgan fingerprint density at radius 1 is 0.929 bits per heavy atom. The average Bonchev–Trinajstić information content (AvgIpc) is 3.18. The number of halogens is 1. The Morgan fingerprint density at radius 3 is 2.64 bits per heavy atom. The van der Waals surface area contributed by atoms with E-state index in [2.05, 4.69) is 20.3 Å². The third kappa shape index (κ3) is 2.61. The smallest absolute Gasteiger partial charge is 0.163 e. The number of pyridine rings is 1. The summed E-state index contributed by atoms with van der Waals surface area (Å²) in [5, 5.41) is 6.74. The molecule has 0 bridgehead atoms. The van der Waals surface area contributed by atoms with Crippen LogP contribution in [0.1, 0.15) is 0 Å². The summed E-state index contributed by atoms with van der Waals surface area (Å²) in [4.78, 5) is 13.2. The maximum atomic E-state index is 15.6. The maximum Gasteiger partial charge on any atom is 0.163 e. The van der Waals surface area contributed by atoms with Gasteiger partial charge in [0.15, 0.2) is 11.6 Å². The monoisotopic (exact) mass is 386 g/mol. The minimum atomic E-state index is -0.343. The lowest BCUT2D eigenvalue weighted by Gasteiger charge is -2.11. The third-order valence-electron chi connectivity index (χ3n) is 4.73. The molecule has 0 aliphatic carbocycles. The molecule has 0 aliphatic rings. The van der Waals surface area contributed by atoms with Crippen LogP contribution in [0.4, 0.5) is 10.2 Å². The van der Waals surface area contributed by atoms with Gasteiger partial charge in [-0.15, -0.1) is 11.3 Å². The second kappa shape index (κ2) is 6.65. The van der Waals surface area contributed by atoms with E-state index in [1.54, 1.807) is 36.8 Å². The number of anilines is 1. The van der Waals surface area contributed by atoms with Gasteiger partial charge in [-0.2, -0.15) is 0 Å². The van der Waals surface area contributed by atoms with E-state index < -0.39 is 0 Å². The quantitative estimate of drug-likeness (QED) is 0.429. The second-order valence-electron chi connectivity index (χ2n) is 6.36. The standard InChI is InChI=1S/C22H15FN4S/c1-24-22-16-9-8-15(17-12-28-18-7-3-2-6-14(17)18)19(23)20(16)26-21(27-22)13-5-4-10-25-11-13/h2-12H,1H3,(H,24,26,27). The zero-order valence-corrected chi connectivity index (χ0v) is 15.8. The van der Waals surface area contributed by atoms with E-state index in [0.717, 1.165) is 21.2 Å². The van der Waals surface area contributed by atoms with Crippen LogP contribution in [0.3, 0.4) is 0 Å². The normalized spacial score (nSPS) is 11.2. The van der Waals surface area contributed by atoms with Crippen LogP contribution in [-0.2, 0) is 0 Å². The highest BCUT2D eigenvalue weighted by Gasteiger charge is 2.18. The van der Waals surface area contributed by atoms with E-state index in [4.69, 9.17) is 0 Å². The average molecular weight is 386 g/mol. The van der Waals surface area contributed by atoms with Crippen molar-refractivity contribution in [2.75, 3.05) is 12.4 Å². The zero-order chi connectivity index (χ0) is 19.1. The number of hydrogen-bond acceptors (Lipinski definition) is 5. The molecule has 1 N–H and O–H groups in total. The Kier molecular flexibility index (Phi) is 3.98. The fraction of sp³-hybridized carbons (Fsp3) is 0.0455. The molecular weight excluding hydrogens is 371 g/mol. The fourth-order valence-electron chi connectivity index (χ4n) is 3.37. The SMILES string of the molecule is CNc1nc(-c2cccnc2)nc2c(F)c(-c3csc4ccccc34)ccc12. The molecule has 0 amide bonds. The van der Waals surface area contributed by atoms with Crippen molar-refractivity contribution in [2.45, 2.75) is 0 Å². The molecule has 0 aliphatic heterocycles. The van der Waals surface area contributed by atoms with Gasteiger partial charge >= 0.3 is 0 Å². The summed E-state index contributed by atoms with van der Waals surface area (Å²) in [6.07, 6.45) is 3.36. The summed E-state index contributed by atoms with van der Waals surface area (Å²) < 4.78 is 16.8. The van der Waals surface area contributed by atoms with Gasteiger partial charge < -0.3 is 5.32 Å². The lowest BCUT2D eigenvalue weighted by Crippen LogP contribution is -2.01. The second-order valence-corrected chi connectivity index (χ2v) is 7.27. The molecule has 5 aromatic rings. The maximum absolute atomic E-state index is 15.6. The van der Waals surface area contributed by atoms with E-state index >= 15 is 4.39 Å². The van der Waals surface area contributed by atoms with Gasteiger partial charge in [0.1, 0.15) is 11.3 Å². The topological polar surface area (TPSA) is 50.7 Å². The van der Waals surface area contributed by atoms with E-state index in [-0.39, 0.29) is 5.82 Å². The van der Waals surface area contributed by atoms with E-state index in [9.17, 15) is 0 Å². The van der Waals surface area contributed by atoms with Crippen LogP contribution in [0.5, 0.6) is 0 Å². The van der Waals surface area contributed by atoms with Gasteiger partial charge in [0, 0.05) is 51.6 Å². The molecule has 0 atom stereocenters. The van der Waals surface area contributed by atoms with Crippen molar-refractivity contribution in [1.29, 1.82) is 0 Å². The highest BCUT2D eigenvalue weighted by atomic mass is 32.1. The molecule has 0 saturated carbocycles. The van der Waals surface area contributed by atoms with Gasteiger partial charge in [-0.3, -0.25) is 4.98 Å². The molecule has 2 aromatic carbocycles. The number of rotatable bonds is 3. The van der Waals surface area contributed by atoms with Crippen molar-refractivity contribution in [3.8, 4) is 22.5 Å². The minimum absolute atomic E-state index is 0.297. The summed E-state index contributed by atoms with van der Waals surface area (Å²) in [6, 6.07) is 15.4. The van der Waals surface area contributed by atoms with Gasteiger partial charge in [-0.1, -0.05) is 24.3 Å². The summed E-state index contributed by atoms with van der Waals surface area (Å²) in [7, 11) is 1.77. The molecule has 0 radical (unpaired) electrons. The first-order chi connectivity index (χ1) is 13.8. The molecule has 3 heterocycles. The summed E-state index contributed by atoms with van der Waals surface area (Å²) in [5.74, 6) is 0.686. The van der Waals surface area contributed by atoms with Gasteiger partial charge in [0.05, 0.1) is 0 Å². The van der Waals surface area contributed by atoms with Gasteiger partial charge in [-0.05, 0) is 29.6 Å². The largest absolute Gasteiger partial charge is 0.373 e. The van der Waals surface area contributed by atoms with Crippen LogP contribution in [-0.4, -0.2) is 22.0 Å². The summed E-state index contributed by atoms with van der Waals surface area (Å²) >= 11 is 1.61. The van der Waals surface area contributed by atoms with Gasteiger partial charge in [0.25, 0.3) is 0 Å². The molecule has 0 unspecified atom stereocenters. The number of nitrogens with one attached hydrogen (secondary N) is 1. The third-order valence-corrected chi connectivity index (χ3v) is 5.70. The number of fused-ring (bicyclic) bond motifs is 2. The number of hydrogen-bond donors (Lipinski definition) is 1. The first-order valence-corrected chi connectivity index (χ1v) is 9.69. The van der Waals surface area contributed by atoms with Crippen LogP contribution in [0.25, 0.3) is 43.5 Å². The Balaban J connectivity index is 1.78. The number of aromatic nitrogens is 3. The van der Waals surface area contributed by atoms with Crippen molar-refractivity contribution in [1.82, 2.24) is 15.0 Å². The summed E-state index contributed by atoms with van der Waals surface area (Å²) in [6.45, 7) is 0. The van der Waals surface area contributed by atoms with E-state index in [0.29, 0.717) is 28.1 Å². The lowest BCUT2D eigenvalue weighted by atomic mass is 10.0. The minimum Gasteiger partial charge on any atom is -0.373 e. The molecule has 0 saturated heterocycles. The van der Waals surface area contributed by atoms with E-state index in [1.165, 1.54) is 0 Å². The molecule has 5 rings (SSSR count). The van der Waals surface area contributed by atoms with Crippen molar-refractivity contribution in [2.24, 2.45) is 0 Å². The molecule has 0 spiro atoms. The fourth-order valence-corrected chi connectivity index (χ4v) is 4.33. The van der Waals surface area contributed by atoms with Crippen LogP contribution in [0.15, 0.2) is 66.3 Å². The molecule has 28 heavy (non-hydrogen) atoms. The first kappa shape index (κ1) is 16.8. The molecule has 3 aromatic heterocycles. The lowest BCUT2D eigenvalue weighted by molar-refractivity contribution is 0.640. The van der Waals surface area contributed by atoms with Crippen molar-refractivity contribution in [3.05, 3.63) is 72.1 Å². The Morgan fingerprint density at radius 2 is 1.82 bits per heavy atom. The predicted octanol–water partition coefficient (Wildman–Crippen LogP) is 5.75. The van der Waals surface area contributed by atoms with Crippen LogP contribution < -0.4 is 5.32 Å². The first-order valence-electron chi connectivity index (χ1n) is 8.81. The van der Waals surface area contributed by atoms with Gasteiger partial charge in [0.2, 0.25) is 0 Å². The molecule has 0 fully saturated rings. The van der Waals surface area contributed by atoms with Crippen molar-refractivity contribution < 1.29 is 4.39 Å². The zero-order valence-electron chi connectivity index (χ0n) is 15.0. The highest BCUT2D eigenvalue weighted by Crippen LogP contribution is 2.38. The summed E-state index contributed by atoms with van der Waals surface area (Å²) in [5.41, 5.74) is 2.47. The van der Waals surface area contributed by atoms with Crippen LogP contribution in [0, 0.1) is 5.82 Å². The Hall–Kier alpha value is -3.38. The molecule has 136 valence electrons. The number of benzene rings is 2. The number of nitrogens with zero attached hydrogens (tertiary/aromatic N) is 3.